The van der Waals surface area contributed by atoms with Crippen LogP contribution in [0.4, 0.5) is 0 Å². The van der Waals surface area contributed by atoms with E-state index in [9.17, 15) is 28.8 Å². The van der Waals surface area contributed by atoms with Gasteiger partial charge in [0, 0.05) is 56.1 Å². The molecule has 9 heteroatoms. The maximum absolute atomic E-state index is 11.7. The molecule has 0 saturated carbocycles. The van der Waals surface area contributed by atoms with Gasteiger partial charge in [0.1, 0.15) is 0 Å². The molecule has 0 N–H and O–H groups in total. The van der Waals surface area contributed by atoms with Crippen LogP contribution in [0, 0.1) is 5.92 Å². The normalized spacial score (nSPS) is 17.3. The maximum atomic E-state index is 11.7. The molecule has 0 radical (unpaired) electrons. The Morgan fingerprint density at radius 1 is 0.378 bits per heavy atom. The van der Waals surface area contributed by atoms with E-state index in [0.717, 1.165) is 77.0 Å². The summed E-state index contributed by atoms with van der Waals surface area (Å²) in [5.74, 6) is -0.847. The maximum Gasteiger partial charge on any atom is 0.253 e. The second kappa shape index (κ2) is 14.4. The first kappa shape index (κ1) is 28.2. The zero-order valence-corrected chi connectivity index (χ0v) is 21.4. The van der Waals surface area contributed by atoms with Gasteiger partial charge in [-0.2, -0.15) is 0 Å². The van der Waals surface area contributed by atoms with Gasteiger partial charge in [0.2, 0.25) is 0 Å². The number of carbonyl (C=O) groups excluding carboxylic acids is 6. The first-order valence-corrected chi connectivity index (χ1v) is 13.5. The van der Waals surface area contributed by atoms with Gasteiger partial charge in [0.15, 0.2) is 0 Å². The Morgan fingerprint density at radius 2 is 0.622 bits per heavy atom. The molecule has 37 heavy (non-hydrogen) atoms. The predicted octanol–water partition coefficient (Wildman–Crippen LogP) is 3.06. The van der Waals surface area contributed by atoms with E-state index in [4.69, 9.17) is 0 Å². The third-order valence-corrected chi connectivity index (χ3v) is 7.18. The van der Waals surface area contributed by atoms with E-state index in [1.54, 1.807) is 0 Å². The van der Waals surface area contributed by atoms with Gasteiger partial charge in [-0.1, -0.05) is 57.8 Å². The Balaban J connectivity index is 1.32. The number of hydrogen-bond donors (Lipinski definition) is 0. The van der Waals surface area contributed by atoms with Gasteiger partial charge in [0.25, 0.3) is 35.4 Å². The van der Waals surface area contributed by atoms with Crippen molar-refractivity contribution in [3.63, 3.8) is 0 Å². The molecule has 0 atom stereocenters. The van der Waals surface area contributed by atoms with Crippen molar-refractivity contribution in [3.05, 3.63) is 36.5 Å². The van der Waals surface area contributed by atoms with Gasteiger partial charge in [-0.05, 0) is 25.2 Å². The van der Waals surface area contributed by atoms with E-state index < -0.39 is 0 Å². The summed E-state index contributed by atoms with van der Waals surface area (Å²) in [6, 6.07) is 0. The van der Waals surface area contributed by atoms with Gasteiger partial charge >= 0.3 is 0 Å². The number of amides is 6. The molecule has 6 amide bonds. The summed E-state index contributed by atoms with van der Waals surface area (Å²) in [7, 11) is 0. The second-order valence-corrected chi connectivity index (χ2v) is 9.90. The van der Waals surface area contributed by atoms with Crippen molar-refractivity contribution < 1.29 is 28.8 Å². The highest BCUT2D eigenvalue weighted by Crippen LogP contribution is 2.24. The Hall–Kier alpha value is -3.36. The van der Waals surface area contributed by atoms with Crippen molar-refractivity contribution in [2.24, 2.45) is 5.92 Å². The number of rotatable bonds is 18. The summed E-state index contributed by atoms with van der Waals surface area (Å²) in [6.45, 7) is 1.38. The molecule has 0 bridgehead atoms. The van der Waals surface area contributed by atoms with Crippen molar-refractivity contribution in [2.45, 2.75) is 77.0 Å². The molecule has 0 fully saturated rings. The van der Waals surface area contributed by atoms with Gasteiger partial charge in [-0.3, -0.25) is 43.5 Å². The quantitative estimate of drug-likeness (QED) is 0.207. The molecule has 0 aromatic carbocycles. The Morgan fingerprint density at radius 3 is 0.865 bits per heavy atom. The number of imide groups is 3. The molecule has 0 aliphatic carbocycles. The molecule has 0 aromatic rings. The number of hydrogen-bond acceptors (Lipinski definition) is 6. The van der Waals surface area contributed by atoms with Crippen LogP contribution in [-0.4, -0.2) is 69.8 Å². The number of nitrogens with zero attached hydrogens (tertiary/aromatic N) is 3. The van der Waals surface area contributed by atoms with Crippen LogP contribution in [-0.2, 0) is 28.8 Å². The summed E-state index contributed by atoms with van der Waals surface area (Å²) in [5, 5.41) is 0. The third-order valence-electron chi connectivity index (χ3n) is 7.18. The fraction of sp³-hybridized carbons (Fsp3) is 0.571. The summed E-state index contributed by atoms with van der Waals surface area (Å²) >= 11 is 0. The van der Waals surface area contributed by atoms with Gasteiger partial charge in [0.05, 0.1) is 0 Å². The Kier molecular flexibility index (Phi) is 11.0. The van der Waals surface area contributed by atoms with Crippen molar-refractivity contribution in [2.75, 3.05) is 19.6 Å². The minimum Gasteiger partial charge on any atom is -0.275 e. The predicted molar refractivity (Wildman–Crippen MR) is 136 cm³/mol. The Bertz CT molecular complexity index is 805. The van der Waals surface area contributed by atoms with E-state index in [-0.39, 0.29) is 35.4 Å². The van der Waals surface area contributed by atoms with Crippen LogP contribution in [0.2, 0.25) is 0 Å². The second-order valence-electron chi connectivity index (χ2n) is 9.90. The zero-order chi connectivity index (χ0) is 26.6. The van der Waals surface area contributed by atoms with Crippen LogP contribution in [0.25, 0.3) is 0 Å². The summed E-state index contributed by atoms with van der Waals surface area (Å²) < 4.78 is 0. The van der Waals surface area contributed by atoms with Crippen LogP contribution in [0.3, 0.4) is 0 Å². The smallest absolute Gasteiger partial charge is 0.253 e. The topological polar surface area (TPSA) is 112 Å². The average Bonchev–Trinajstić information content (AvgIpc) is 3.49. The third kappa shape index (κ3) is 8.61. The van der Waals surface area contributed by atoms with Crippen LogP contribution >= 0.6 is 0 Å². The SMILES string of the molecule is O=C1C=CC(=O)N1CCCCCC(CCCCCN1C(=O)C=CC1=O)CCCCCN1C(=O)C=CC1=O. The molecule has 3 heterocycles. The highest BCUT2D eigenvalue weighted by atomic mass is 16.2. The largest absolute Gasteiger partial charge is 0.275 e. The van der Waals surface area contributed by atoms with E-state index in [0.29, 0.717) is 25.6 Å². The fourth-order valence-electron chi connectivity index (χ4n) is 5.03. The molecule has 0 saturated heterocycles. The highest BCUT2D eigenvalue weighted by molar-refractivity contribution is 6.13. The molecule has 3 aliphatic heterocycles. The molecular formula is C28H37N3O6. The Labute approximate surface area is 218 Å². The van der Waals surface area contributed by atoms with Gasteiger partial charge in [-0.15, -0.1) is 0 Å². The van der Waals surface area contributed by atoms with Crippen LogP contribution < -0.4 is 0 Å². The van der Waals surface area contributed by atoms with Gasteiger partial charge < -0.3 is 0 Å². The molecule has 0 spiro atoms. The van der Waals surface area contributed by atoms with Crippen LogP contribution in [0.15, 0.2) is 36.5 Å². The van der Waals surface area contributed by atoms with Crippen molar-refractivity contribution in [1.82, 2.24) is 14.7 Å². The average molecular weight is 512 g/mol. The summed E-state index contributed by atoms with van der Waals surface area (Å²) in [4.78, 5) is 73.9. The number of unbranched alkanes of at least 4 members (excludes halogenated alkanes) is 6. The molecule has 3 rings (SSSR count). The number of carbonyl (C=O) groups is 6. The molecule has 0 aromatic heterocycles. The highest BCUT2D eigenvalue weighted by Gasteiger charge is 2.24. The van der Waals surface area contributed by atoms with E-state index in [2.05, 4.69) is 0 Å². The molecule has 0 unspecified atom stereocenters. The minimum atomic E-state index is -0.232. The minimum absolute atomic E-state index is 0.232. The van der Waals surface area contributed by atoms with Crippen molar-refractivity contribution >= 4 is 35.4 Å². The summed E-state index contributed by atoms with van der Waals surface area (Å²) in [5.41, 5.74) is 0. The first-order valence-electron chi connectivity index (χ1n) is 13.5. The van der Waals surface area contributed by atoms with Crippen molar-refractivity contribution in [1.29, 1.82) is 0 Å². The monoisotopic (exact) mass is 511 g/mol. The van der Waals surface area contributed by atoms with Crippen LogP contribution in [0.1, 0.15) is 77.0 Å². The lowest BCUT2D eigenvalue weighted by atomic mass is 9.90. The first-order chi connectivity index (χ1) is 17.9. The van der Waals surface area contributed by atoms with Gasteiger partial charge in [-0.25, -0.2) is 0 Å². The lowest BCUT2D eigenvalue weighted by Gasteiger charge is -2.19. The molecule has 3 aliphatic rings. The molecule has 200 valence electrons. The van der Waals surface area contributed by atoms with Crippen molar-refractivity contribution in [3.8, 4) is 0 Å². The van der Waals surface area contributed by atoms with Crippen LogP contribution in [0.5, 0.6) is 0 Å². The molecule has 9 nitrogen and oxygen atoms in total. The summed E-state index contributed by atoms with van der Waals surface area (Å²) in [6.07, 6.45) is 19.4. The molecular weight excluding hydrogens is 474 g/mol. The fourth-order valence-corrected chi connectivity index (χ4v) is 5.03. The standard InChI is InChI=1S/C28H37N3O6/c32-23-13-14-24(33)29(23)19-7-1-4-10-22(11-5-2-8-20-30-25(34)15-16-26(30)35)12-6-3-9-21-31-27(36)17-18-28(31)37/h13-18,22H,1-12,19-21H2. The lowest BCUT2D eigenvalue weighted by Crippen LogP contribution is -2.30. The lowest BCUT2D eigenvalue weighted by molar-refractivity contribution is -0.138. The van der Waals surface area contributed by atoms with E-state index >= 15 is 0 Å². The van der Waals surface area contributed by atoms with E-state index in [1.165, 1.54) is 51.2 Å². The zero-order valence-electron chi connectivity index (χ0n) is 21.4. The van der Waals surface area contributed by atoms with E-state index in [1.807, 2.05) is 0 Å².